The highest BCUT2D eigenvalue weighted by molar-refractivity contribution is 14.0. The van der Waals surface area contributed by atoms with Gasteiger partial charge in [-0.25, -0.2) is 0 Å². The Balaban J connectivity index is 0.00000484. The van der Waals surface area contributed by atoms with Crippen molar-refractivity contribution in [2.45, 2.75) is 26.4 Å². The Labute approximate surface area is 154 Å². The van der Waals surface area contributed by atoms with E-state index in [0.717, 1.165) is 6.54 Å². The molecule has 0 aliphatic rings. The maximum absolute atomic E-state index is 11.7. The van der Waals surface area contributed by atoms with Gasteiger partial charge in [0, 0.05) is 26.7 Å². The van der Waals surface area contributed by atoms with Crippen molar-refractivity contribution in [1.82, 2.24) is 16.0 Å². The number of carbonyl (C=O) groups is 1. The lowest BCUT2D eigenvalue weighted by molar-refractivity contribution is 0.0310. The quantitative estimate of drug-likeness (QED) is 0.249. The number of halogens is 1. The Bertz CT molecular complexity index is 475. The summed E-state index contributed by atoms with van der Waals surface area (Å²) < 4.78 is 10.4. The molecule has 7 nitrogen and oxygen atoms in total. The molecule has 23 heavy (non-hydrogen) atoms. The average Bonchev–Trinajstić information content (AvgIpc) is 3.03. The number of ether oxygens (including phenoxy) is 1. The van der Waals surface area contributed by atoms with Gasteiger partial charge in [-0.3, -0.25) is 9.79 Å². The monoisotopic (exact) mass is 438 g/mol. The van der Waals surface area contributed by atoms with E-state index in [9.17, 15) is 4.79 Å². The highest BCUT2D eigenvalue weighted by atomic mass is 127. The number of methoxy groups -OCH3 is 1. The predicted molar refractivity (Wildman–Crippen MR) is 102 cm³/mol. The minimum atomic E-state index is -0.310. The van der Waals surface area contributed by atoms with E-state index in [0.29, 0.717) is 31.4 Å². The molecule has 0 bridgehead atoms. The number of furan rings is 1. The van der Waals surface area contributed by atoms with Crippen molar-refractivity contribution >= 4 is 35.8 Å². The summed E-state index contributed by atoms with van der Waals surface area (Å²) in [6.07, 6.45) is 1.47. The minimum absolute atomic E-state index is 0. The second kappa shape index (κ2) is 11.3. The molecule has 1 rings (SSSR count). The summed E-state index contributed by atoms with van der Waals surface area (Å²) in [4.78, 5) is 16.1. The normalized spacial score (nSPS) is 11.6. The third kappa shape index (κ3) is 8.80. The largest absolute Gasteiger partial charge is 0.459 e. The summed E-state index contributed by atoms with van der Waals surface area (Å²) in [7, 11) is 1.67. The van der Waals surface area contributed by atoms with Gasteiger partial charge in [-0.2, -0.15) is 0 Å². The van der Waals surface area contributed by atoms with Crippen molar-refractivity contribution in [2.75, 3.05) is 33.3 Å². The molecule has 0 aliphatic carbocycles. The summed E-state index contributed by atoms with van der Waals surface area (Å²) in [5.74, 6) is 0.775. The molecular formula is C15H27IN4O3. The fourth-order valence-electron chi connectivity index (χ4n) is 1.53. The Kier molecular flexibility index (Phi) is 10.6. The van der Waals surface area contributed by atoms with Gasteiger partial charge in [0.05, 0.1) is 18.4 Å². The van der Waals surface area contributed by atoms with Crippen molar-refractivity contribution in [2.24, 2.45) is 4.99 Å². The number of guanidine groups is 1. The first-order chi connectivity index (χ1) is 10.5. The number of carbonyl (C=O) groups excluding carboxylic acids is 1. The molecule has 0 aromatic carbocycles. The summed E-state index contributed by atoms with van der Waals surface area (Å²) >= 11 is 0. The number of hydrogen-bond donors (Lipinski definition) is 3. The molecule has 0 aliphatic heterocycles. The van der Waals surface area contributed by atoms with Gasteiger partial charge in [0.1, 0.15) is 0 Å². The van der Waals surface area contributed by atoms with Crippen LogP contribution in [0.4, 0.5) is 0 Å². The van der Waals surface area contributed by atoms with E-state index >= 15 is 0 Å². The molecular weight excluding hydrogens is 411 g/mol. The van der Waals surface area contributed by atoms with Crippen LogP contribution in [0.5, 0.6) is 0 Å². The molecule has 8 heteroatoms. The molecule has 3 N–H and O–H groups in total. The Morgan fingerprint density at radius 2 is 2.00 bits per heavy atom. The lowest BCUT2D eigenvalue weighted by Crippen LogP contribution is -2.42. The highest BCUT2D eigenvalue weighted by Crippen LogP contribution is 2.06. The van der Waals surface area contributed by atoms with Gasteiger partial charge < -0.3 is 25.1 Å². The van der Waals surface area contributed by atoms with Crippen LogP contribution < -0.4 is 16.0 Å². The minimum Gasteiger partial charge on any atom is -0.459 e. The fourth-order valence-corrected chi connectivity index (χ4v) is 1.53. The molecule has 1 aromatic heterocycles. The van der Waals surface area contributed by atoms with Gasteiger partial charge >= 0.3 is 0 Å². The third-order valence-corrected chi connectivity index (χ3v) is 2.96. The second-order valence-corrected chi connectivity index (χ2v) is 5.32. The topological polar surface area (TPSA) is 87.9 Å². The Morgan fingerprint density at radius 1 is 1.30 bits per heavy atom. The number of amides is 1. The summed E-state index contributed by atoms with van der Waals surface area (Å²) in [5.41, 5.74) is -0.310. The molecule has 0 saturated carbocycles. The number of aliphatic imine (C=N–C) groups is 1. The average molecular weight is 438 g/mol. The van der Waals surface area contributed by atoms with Gasteiger partial charge in [0.15, 0.2) is 11.7 Å². The van der Waals surface area contributed by atoms with Crippen molar-refractivity contribution < 1.29 is 13.9 Å². The molecule has 0 spiro atoms. The van der Waals surface area contributed by atoms with Gasteiger partial charge in [0.2, 0.25) is 0 Å². The van der Waals surface area contributed by atoms with E-state index in [1.807, 2.05) is 20.8 Å². The van der Waals surface area contributed by atoms with E-state index < -0.39 is 0 Å². The van der Waals surface area contributed by atoms with Crippen molar-refractivity contribution in [3.8, 4) is 0 Å². The first-order valence-corrected chi connectivity index (χ1v) is 7.37. The zero-order chi connectivity index (χ0) is 16.4. The first kappa shape index (κ1) is 21.7. The number of rotatable bonds is 8. The highest BCUT2D eigenvalue weighted by Gasteiger charge is 2.15. The lowest BCUT2D eigenvalue weighted by Gasteiger charge is -2.21. The van der Waals surface area contributed by atoms with Crippen LogP contribution in [-0.2, 0) is 4.74 Å². The molecule has 1 heterocycles. The van der Waals surface area contributed by atoms with Crippen LogP contribution in [0, 0.1) is 0 Å². The zero-order valence-corrected chi connectivity index (χ0v) is 16.5. The van der Waals surface area contributed by atoms with Gasteiger partial charge in [0.25, 0.3) is 5.91 Å². The molecule has 0 saturated heterocycles. The van der Waals surface area contributed by atoms with Crippen molar-refractivity contribution in [3.05, 3.63) is 24.2 Å². The van der Waals surface area contributed by atoms with E-state index in [1.54, 1.807) is 19.2 Å². The number of nitrogens with one attached hydrogen (secondary N) is 3. The number of nitrogens with zero attached hydrogens (tertiary/aromatic N) is 1. The van der Waals surface area contributed by atoms with Crippen LogP contribution in [-0.4, -0.2) is 50.8 Å². The molecule has 0 fully saturated rings. The summed E-state index contributed by atoms with van der Waals surface area (Å²) in [6.45, 7) is 8.28. The fraction of sp³-hybridized carbons (Fsp3) is 0.600. The van der Waals surface area contributed by atoms with Crippen LogP contribution in [0.2, 0.25) is 0 Å². The van der Waals surface area contributed by atoms with Crippen LogP contribution in [0.25, 0.3) is 0 Å². The Hall–Kier alpha value is -1.29. The van der Waals surface area contributed by atoms with Crippen LogP contribution in [0.15, 0.2) is 27.8 Å². The van der Waals surface area contributed by atoms with Crippen molar-refractivity contribution in [1.29, 1.82) is 0 Å². The van der Waals surface area contributed by atoms with Crippen LogP contribution >= 0.6 is 24.0 Å². The van der Waals surface area contributed by atoms with E-state index in [-0.39, 0.29) is 35.5 Å². The number of hydrogen-bond acceptors (Lipinski definition) is 4. The SMILES string of the molecule is CCNC(=NCC(C)(C)OC)NCCNC(=O)c1ccco1.I. The van der Waals surface area contributed by atoms with Crippen LogP contribution in [0.3, 0.4) is 0 Å². The molecule has 132 valence electrons. The molecule has 0 atom stereocenters. The van der Waals surface area contributed by atoms with E-state index in [4.69, 9.17) is 9.15 Å². The second-order valence-electron chi connectivity index (χ2n) is 5.32. The summed E-state index contributed by atoms with van der Waals surface area (Å²) in [5, 5.41) is 9.07. The molecule has 0 radical (unpaired) electrons. The lowest BCUT2D eigenvalue weighted by atomic mass is 10.1. The summed E-state index contributed by atoms with van der Waals surface area (Å²) in [6, 6.07) is 3.31. The molecule has 0 unspecified atom stereocenters. The smallest absolute Gasteiger partial charge is 0.287 e. The molecule has 1 aromatic rings. The Morgan fingerprint density at radius 3 is 2.57 bits per heavy atom. The van der Waals surface area contributed by atoms with Gasteiger partial charge in [-0.05, 0) is 32.9 Å². The van der Waals surface area contributed by atoms with Crippen LogP contribution in [0.1, 0.15) is 31.3 Å². The maximum Gasteiger partial charge on any atom is 0.287 e. The zero-order valence-electron chi connectivity index (χ0n) is 14.1. The van der Waals surface area contributed by atoms with Gasteiger partial charge in [-0.1, -0.05) is 0 Å². The third-order valence-electron chi connectivity index (χ3n) is 2.96. The standard InChI is InChI=1S/C15H26N4O3.HI/c1-5-16-14(19-11-15(2,3)21-4)18-9-8-17-13(20)12-7-6-10-22-12;/h6-7,10H,5,8-9,11H2,1-4H3,(H,17,20)(H2,16,18,19);1H. The van der Waals surface area contributed by atoms with E-state index in [2.05, 4.69) is 20.9 Å². The first-order valence-electron chi connectivity index (χ1n) is 7.37. The van der Waals surface area contributed by atoms with E-state index in [1.165, 1.54) is 6.26 Å². The molecule has 1 amide bonds. The predicted octanol–water partition coefficient (Wildman–Crippen LogP) is 1.61. The maximum atomic E-state index is 11.7. The van der Waals surface area contributed by atoms with Gasteiger partial charge in [-0.15, -0.1) is 24.0 Å². The van der Waals surface area contributed by atoms with Crippen molar-refractivity contribution in [3.63, 3.8) is 0 Å².